The van der Waals surface area contributed by atoms with Crippen LogP contribution in [0.2, 0.25) is 5.15 Å². The van der Waals surface area contributed by atoms with Crippen molar-refractivity contribution in [1.29, 1.82) is 0 Å². The van der Waals surface area contributed by atoms with E-state index in [2.05, 4.69) is 16.2 Å². The monoisotopic (exact) mass is 226 g/mol. The van der Waals surface area contributed by atoms with Crippen molar-refractivity contribution in [3.63, 3.8) is 0 Å². The van der Waals surface area contributed by atoms with E-state index in [1.54, 1.807) is 0 Å². The fourth-order valence-corrected chi connectivity index (χ4v) is 1.11. The summed E-state index contributed by atoms with van der Waals surface area (Å²) in [4.78, 5) is 14.9. The topological polar surface area (TPSA) is 42.0 Å². The number of amides is 1. The summed E-state index contributed by atoms with van der Waals surface area (Å²) in [5, 5.41) is 2.46. The molecule has 1 rings (SSSR count). The molecule has 0 saturated carbocycles. The van der Waals surface area contributed by atoms with E-state index in [4.69, 9.17) is 18.0 Å². The van der Waals surface area contributed by atoms with Gasteiger partial charge in [0.1, 0.15) is 11.0 Å². The summed E-state index contributed by atoms with van der Waals surface area (Å²) in [6.45, 7) is 0.322. The van der Waals surface area contributed by atoms with Gasteiger partial charge in [-0.2, -0.15) is 0 Å². The maximum Gasteiger partial charge on any atom is 0.254 e. The molecule has 0 saturated heterocycles. The lowest BCUT2D eigenvalue weighted by atomic mass is 10.2. The molecule has 0 aliphatic carbocycles. The molecular weight excluding hydrogens is 219 g/mol. The number of carbonyl (C=O) groups is 1. The Morgan fingerprint density at radius 2 is 2.47 bits per heavy atom. The van der Waals surface area contributed by atoms with Crippen molar-refractivity contribution >= 4 is 17.5 Å². The zero-order chi connectivity index (χ0) is 11.3. The van der Waals surface area contributed by atoms with Crippen LogP contribution < -0.4 is 5.32 Å². The molecule has 0 fully saturated rings. The van der Waals surface area contributed by atoms with E-state index in [0.29, 0.717) is 13.0 Å². The second-order valence-electron chi connectivity index (χ2n) is 2.70. The van der Waals surface area contributed by atoms with Gasteiger partial charge in [0.15, 0.2) is 0 Å². The highest BCUT2D eigenvalue weighted by Crippen LogP contribution is 2.13. The number of rotatable bonds is 3. The first-order valence-electron chi connectivity index (χ1n) is 4.18. The van der Waals surface area contributed by atoms with Crippen molar-refractivity contribution in [2.75, 3.05) is 6.54 Å². The summed E-state index contributed by atoms with van der Waals surface area (Å²) in [7, 11) is 0. The normalized spacial score (nSPS) is 9.40. The van der Waals surface area contributed by atoms with Crippen LogP contribution in [-0.2, 0) is 0 Å². The zero-order valence-electron chi connectivity index (χ0n) is 7.76. The van der Waals surface area contributed by atoms with Crippen LogP contribution in [0.25, 0.3) is 0 Å². The predicted octanol–water partition coefficient (Wildman–Crippen LogP) is 1.63. The quantitative estimate of drug-likeness (QED) is 0.484. The van der Waals surface area contributed by atoms with E-state index in [1.165, 1.54) is 0 Å². The van der Waals surface area contributed by atoms with Crippen molar-refractivity contribution in [2.24, 2.45) is 0 Å². The third-order valence-electron chi connectivity index (χ3n) is 1.61. The van der Waals surface area contributed by atoms with Gasteiger partial charge in [-0.3, -0.25) is 4.79 Å². The molecule has 0 aliphatic heterocycles. The highest BCUT2D eigenvalue weighted by atomic mass is 35.5. The van der Waals surface area contributed by atoms with E-state index in [-0.39, 0.29) is 10.7 Å². The molecule has 78 valence electrons. The lowest BCUT2D eigenvalue weighted by Crippen LogP contribution is -2.24. The maximum absolute atomic E-state index is 12.8. The Morgan fingerprint density at radius 3 is 3.13 bits per heavy atom. The van der Waals surface area contributed by atoms with Crippen LogP contribution in [0, 0.1) is 18.2 Å². The van der Waals surface area contributed by atoms with E-state index in [0.717, 1.165) is 12.3 Å². The summed E-state index contributed by atoms with van der Waals surface area (Å²) in [6.07, 6.45) is 6.36. The standard InChI is InChI=1S/C10H8ClFN2O/c1-2-3-4-13-10(15)8-5-7(12)6-14-9(8)11/h1,5-6H,3-4H2,(H,13,15). The second-order valence-corrected chi connectivity index (χ2v) is 3.06. The second kappa shape index (κ2) is 5.32. The zero-order valence-corrected chi connectivity index (χ0v) is 8.51. The average Bonchev–Trinajstić information content (AvgIpc) is 2.22. The fraction of sp³-hybridized carbons (Fsp3) is 0.200. The summed E-state index contributed by atoms with van der Waals surface area (Å²) < 4.78 is 12.8. The SMILES string of the molecule is C#CCCNC(=O)c1cc(F)cnc1Cl. The Bertz CT molecular complexity index is 414. The number of aromatic nitrogens is 1. The third kappa shape index (κ3) is 3.22. The molecule has 0 spiro atoms. The van der Waals surface area contributed by atoms with Crippen LogP contribution in [0.15, 0.2) is 12.3 Å². The molecule has 0 atom stereocenters. The van der Waals surface area contributed by atoms with Crippen LogP contribution in [-0.4, -0.2) is 17.4 Å². The first-order chi connectivity index (χ1) is 7.15. The molecule has 1 aromatic heterocycles. The number of nitrogens with one attached hydrogen (secondary N) is 1. The van der Waals surface area contributed by atoms with Crippen LogP contribution in [0.5, 0.6) is 0 Å². The number of pyridine rings is 1. The predicted molar refractivity (Wildman–Crippen MR) is 55.0 cm³/mol. The summed E-state index contributed by atoms with van der Waals surface area (Å²) in [6, 6.07) is 1.03. The maximum atomic E-state index is 12.8. The molecule has 0 radical (unpaired) electrons. The molecule has 1 N–H and O–H groups in total. The molecule has 3 nitrogen and oxygen atoms in total. The molecule has 1 amide bonds. The average molecular weight is 227 g/mol. The van der Waals surface area contributed by atoms with Crippen molar-refractivity contribution < 1.29 is 9.18 Å². The molecule has 5 heteroatoms. The Labute approximate surface area is 91.7 Å². The molecule has 0 aromatic carbocycles. The molecule has 0 unspecified atom stereocenters. The Morgan fingerprint density at radius 1 is 1.73 bits per heavy atom. The lowest BCUT2D eigenvalue weighted by Gasteiger charge is -2.04. The largest absolute Gasteiger partial charge is 0.351 e. The van der Waals surface area contributed by atoms with Crippen molar-refractivity contribution in [3.05, 3.63) is 28.8 Å². The molecule has 0 aliphatic rings. The van der Waals surface area contributed by atoms with Gasteiger partial charge in [-0.1, -0.05) is 11.6 Å². The Hall–Kier alpha value is -1.60. The van der Waals surface area contributed by atoms with Crippen LogP contribution in [0.3, 0.4) is 0 Å². The highest BCUT2D eigenvalue weighted by molar-refractivity contribution is 6.32. The first-order valence-corrected chi connectivity index (χ1v) is 4.55. The van der Waals surface area contributed by atoms with Gasteiger partial charge in [-0.05, 0) is 6.07 Å². The molecular formula is C10H8ClFN2O. The van der Waals surface area contributed by atoms with E-state index >= 15 is 0 Å². The van der Waals surface area contributed by atoms with Gasteiger partial charge in [-0.25, -0.2) is 9.37 Å². The van der Waals surface area contributed by atoms with Gasteiger partial charge < -0.3 is 5.32 Å². The number of hydrogen-bond donors (Lipinski definition) is 1. The molecule has 1 aromatic rings. The number of terminal acetylenes is 1. The van der Waals surface area contributed by atoms with Crippen molar-refractivity contribution in [2.45, 2.75) is 6.42 Å². The minimum Gasteiger partial charge on any atom is -0.351 e. The number of nitrogens with zero attached hydrogens (tertiary/aromatic N) is 1. The molecule has 0 bridgehead atoms. The van der Waals surface area contributed by atoms with Gasteiger partial charge in [0.25, 0.3) is 5.91 Å². The van der Waals surface area contributed by atoms with E-state index in [9.17, 15) is 9.18 Å². The molecule has 1 heterocycles. The van der Waals surface area contributed by atoms with Gasteiger partial charge in [0.05, 0.1) is 11.8 Å². The Balaban J connectivity index is 2.73. The fourth-order valence-electron chi connectivity index (χ4n) is 0.925. The van der Waals surface area contributed by atoms with Gasteiger partial charge in [0, 0.05) is 13.0 Å². The van der Waals surface area contributed by atoms with Crippen LogP contribution >= 0.6 is 11.6 Å². The lowest BCUT2D eigenvalue weighted by molar-refractivity contribution is 0.0954. The van der Waals surface area contributed by atoms with Crippen molar-refractivity contribution in [3.8, 4) is 12.3 Å². The van der Waals surface area contributed by atoms with Crippen LogP contribution in [0.4, 0.5) is 4.39 Å². The number of carbonyl (C=O) groups excluding carboxylic acids is 1. The highest BCUT2D eigenvalue weighted by Gasteiger charge is 2.11. The van der Waals surface area contributed by atoms with Crippen molar-refractivity contribution in [1.82, 2.24) is 10.3 Å². The van der Waals surface area contributed by atoms with E-state index < -0.39 is 11.7 Å². The Kier molecular flexibility index (Phi) is 4.07. The van der Waals surface area contributed by atoms with E-state index in [1.807, 2.05) is 0 Å². The third-order valence-corrected chi connectivity index (χ3v) is 1.91. The van der Waals surface area contributed by atoms with Gasteiger partial charge >= 0.3 is 0 Å². The van der Waals surface area contributed by atoms with Crippen LogP contribution in [0.1, 0.15) is 16.8 Å². The number of hydrogen-bond acceptors (Lipinski definition) is 2. The molecule has 15 heavy (non-hydrogen) atoms. The number of halogens is 2. The summed E-state index contributed by atoms with van der Waals surface area (Å²) >= 11 is 5.62. The summed E-state index contributed by atoms with van der Waals surface area (Å²) in [5.74, 6) is 1.27. The smallest absolute Gasteiger partial charge is 0.254 e. The first kappa shape index (κ1) is 11.5. The van der Waals surface area contributed by atoms with Gasteiger partial charge in [-0.15, -0.1) is 12.3 Å². The van der Waals surface area contributed by atoms with Gasteiger partial charge in [0.2, 0.25) is 0 Å². The minimum atomic E-state index is -0.610. The minimum absolute atomic E-state index is 0.00804. The summed E-state index contributed by atoms with van der Waals surface area (Å²) in [5.41, 5.74) is 0.00804.